The summed E-state index contributed by atoms with van der Waals surface area (Å²) in [5, 5.41) is 10.9. The zero-order chi connectivity index (χ0) is 31.4. The molecule has 3 N–H and O–H groups in total. The van der Waals surface area contributed by atoms with E-state index in [0.29, 0.717) is 0 Å². The number of aromatic nitrogens is 4. The Bertz CT molecular complexity index is 1660. The molecule has 3 heterocycles. The van der Waals surface area contributed by atoms with E-state index in [2.05, 4.69) is 24.4 Å². The molecule has 14 nitrogen and oxygen atoms in total. The van der Waals surface area contributed by atoms with Crippen molar-refractivity contribution in [1.29, 1.82) is 0 Å². The number of methoxy groups -OCH3 is 1. The Hall–Kier alpha value is -4.43. The van der Waals surface area contributed by atoms with E-state index < -0.39 is 44.3 Å². The Morgan fingerprint density at radius 3 is 2.64 bits per heavy atom. The van der Waals surface area contributed by atoms with Gasteiger partial charge in [-0.05, 0) is 31.5 Å². The maximum atomic E-state index is 16.1. The van der Waals surface area contributed by atoms with Crippen molar-refractivity contribution >= 4 is 31.2 Å². The third-order valence-corrected chi connectivity index (χ3v) is 7.72. The van der Waals surface area contributed by atoms with Crippen LogP contribution in [-0.4, -0.2) is 68.2 Å². The van der Waals surface area contributed by atoms with Crippen molar-refractivity contribution in [3.05, 3.63) is 66.5 Å². The first-order chi connectivity index (χ1) is 21.1. The molecule has 4 aromatic rings. The van der Waals surface area contributed by atoms with E-state index in [4.69, 9.17) is 24.5 Å². The van der Waals surface area contributed by atoms with Gasteiger partial charge in [0.25, 0.3) is 0 Å². The smallest absolute Gasteiger partial charge is 0.395 e. The van der Waals surface area contributed by atoms with Crippen molar-refractivity contribution in [2.24, 2.45) is 4.74 Å². The SMILES string of the molecule is COC(=O)[C@H](C)/N=[P+](\[O-])Oc1ccccc1OC[C@H]1O[C@@H](n2cnc3c(OCc4ccccc4)nc(N)nc32)[C@](C)(F)[C@@H]1O. The lowest BCUT2D eigenvalue weighted by atomic mass is 9.98. The molecule has 2 aromatic heterocycles. The first-order valence-electron chi connectivity index (χ1n) is 13.4. The fourth-order valence-electron chi connectivity index (χ4n) is 4.54. The molecule has 0 amide bonds. The molecule has 0 spiro atoms. The van der Waals surface area contributed by atoms with Crippen LogP contribution in [0.3, 0.4) is 0 Å². The molecule has 44 heavy (non-hydrogen) atoms. The van der Waals surface area contributed by atoms with Crippen molar-refractivity contribution < 1.29 is 42.7 Å². The summed E-state index contributed by atoms with van der Waals surface area (Å²) < 4.78 is 48.7. The molecule has 16 heteroatoms. The molecule has 0 bridgehead atoms. The van der Waals surface area contributed by atoms with Crippen LogP contribution in [0.15, 0.2) is 65.7 Å². The van der Waals surface area contributed by atoms with Crippen LogP contribution in [0, 0.1) is 0 Å². The highest BCUT2D eigenvalue weighted by Gasteiger charge is 2.55. The van der Waals surface area contributed by atoms with Gasteiger partial charge in [-0.1, -0.05) is 47.2 Å². The van der Waals surface area contributed by atoms with Gasteiger partial charge in [-0.3, -0.25) is 9.09 Å². The number of para-hydroxylation sites is 2. The summed E-state index contributed by atoms with van der Waals surface area (Å²) >= 11 is 0. The number of halogens is 1. The highest BCUT2D eigenvalue weighted by molar-refractivity contribution is 7.34. The van der Waals surface area contributed by atoms with Gasteiger partial charge >= 0.3 is 14.1 Å². The molecule has 1 aliphatic heterocycles. The van der Waals surface area contributed by atoms with Gasteiger partial charge in [0, 0.05) is 0 Å². The van der Waals surface area contributed by atoms with Crippen molar-refractivity contribution in [1.82, 2.24) is 19.5 Å². The zero-order valence-corrected chi connectivity index (χ0v) is 24.8. The van der Waals surface area contributed by atoms with Gasteiger partial charge in [-0.15, -0.1) is 0 Å². The van der Waals surface area contributed by atoms with E-state index in [9.17, 15) is 14.8 Å². The summed E-state index contributed by atoms with van der Waals surface area (Å²) in [5.74, 6) is -0.503. The maximum Gasteiger partial charge on any atom is 0.395 e. The number of nitrogen functional groups attached to an aromatic ring is 1. The summed E-state index contributed by atoms with van der Waals surface area (Å²) in [7, 11) is -1.47. The molecule has 1 fully saturated rings. The topological polar surface area (TPSA) is 188 Å². The van der Waals surface area contributed by atoms with Crippen LogP contribution in [0.5, 0.6) is 17.4 Å². The number of imidazole rings is 1. The Morgan fingerprint density at radius 1 is 1.20 bits per heavy atom. The summed E-state index contributed by atoms with van der Waals surface area (Å²) in [5.41, 5.74) is 4.90. The molecule has 0 saturated carbocycles. The second kappa shape index (κ2) is 13.1. The summed E-state index contributed by atoms with van der Waals surface area (Å²) in [6.45, 7) is 2.49. The minimum Gasteiger partial charge on any atom is -0.575 e. The van der Waals surface area contributed by atoms with Crippen LogP contribution in [0.2, 0.25) is 0 Å². The highest BCUT2D eigenvalue weighted by atomic mass is 31.1. The minimum absolute atomic E-state index is 0.0530. The number of aliphatic hydroxyl groups is 1. The van der Waals surface area contributed by atoms with E-state index >= 15 is 4.39 Å². The van der Waals surface area contributed by atoms with Crippen LogP contribution in [-0.2, 0) is 20.9 Å². The van der Waals surface area contributed by atoms with Crippen molar-refractivity contribution in [2.75, 3.05) is 19.5 Å². The molecular weight excluding hydrogens is 598 g/mol. The highest BCUT2D eigenvalue weighted by Crippen LogP contribution is 2.43. The van der Waals surface area contributed by atoms with Gasteiger partial charge in [-0.2, -0.15) is 9.97 Å². The number of nitrogens with zero attached hydrogens (tertiary/aromatic N) is 5. The number of benzene rings is 2. The van der Waals surface area contributed by atoms with Crippen molar-refractivity contribution in [2.45, 2.75) is 50.6 Å². The molecule has 2 aromatic carbocycles. The van der Waals surface area contributed by atoms with Gasteiger partial charge in [0.15, 0.2) is 34.9 Å². The number of rotatable bonds is 11. The molecular formula is C28H30FN6O8P. The lowest BCUT2D eigenvalue weighted by Gasteiger charge is -2.24. The lowest BCUT2D eigenvalue weighted by molar-refractivity contribution is -0.169. The zero-order valence-electron chi connectivity index (χ0n) is 23.9. The number of anilines is 1. The number of alkyl halides is 1. The van der Waals surface area contributed by atoms with Crippen LogP contribution in [0.25, 0.3) is 11.2 Å². The number of esters is 1. The average molecular weight is 629 g/mol. The molecule has 0 aliphatic carbocycles. The van der Waals surface area contributed by atoms with Crippen molar-refractivity contribution in [3.8, 4) is 17.4 Å². The third kappa shape index (κ3) is 6.55. The van der Waals surface area contributed by atoms with Gasteiger partial charge in [0.1, 0.15) is 25.4 Å². The largest absolute Gasteiger partial charge is 0.575 e. The normalized spacial score (nSPS) is 22.5. The lowest BCUT2D eigenvalue weighted by Crippen LogP contribution is -2.41. The Morgan fingerprint density at radius 2 is 1.91 bits per heavy atom. The van der Waals surface area contributed by atoms with Crippen LogP contribution >= 0.6 is 8.17 Å². The molecule has 1 aliphatic rings. The first kappa shape index (κ1) is 31.0. The standard InChI is InChI=1S/C28H30FN6O8P/c1-16(25(37)39-3)34-44(38)43-19-12-8-7-11-18(19)40-14-20-22(36)28(2,29)26(42-20)35-15-31-21-23(35)32-27(30)33-24(21)41-13-17-9-5-4-6-10-17/h4-12,15-16,20,22,26,36H,13-14H2,1-3H3,(H2,30,32,33)/t16-,20+,22+,26+,28+/m0/s1. The maximum absolute atomic E-state index is 16.1. The van der Waals surface area contributed by atoms with Crippen LogP contribution in [0.4, 0.5) is 10.3 Å². The van der Waals surface area contributed by atoms with Crippen molar-refractivity contribution in [3.63, 3.8) is 0 Å². The first-order valence-corrected chi connectivity index (χ1v) is 14.6. The number of fused-ring (bicyclic) bond motifs is 1. The van der Waals surface area contributed by atoms with E-state index in [0.717, 1.165) is 5.56 Å². The number of hydrogen-bond donors (Lipinski definition) is 2. The third-order valence-electron chi connectivity index (χ3n) is 6.83. The molecule has 0 radical (unpaired) electrons. The molecule has 1 saturated heterocycles. The van der Waals surface area contributed by atoms with E-state index in [1.54, 1.807) is 12.1 Å². The average Bonchev–Trinajstić information content (AvgIpc) is 3.52. The number of ether oxygens (including phenoxy) is 4. The molecule has 6 atom stereocenters. The predicted octanol–water partition coefficient (Wildman–Crippen LogP) is 2.85. The second-order valence-corrected chi connectivity index (χ2v) is 10.9. The van der Waals surface area contributed by atoms with Gasteiger partial charge in [-0.25, -0.2) is 14.2 Å². The molecule has 1 unspecified atom stereocenters. The Kier molecular flexibility index (Phi) is 9.20. The summed E-state index contributed by atoms with van der Waals surface area (Å²) in [6, 6.07) is 14.6. The molecule has 232 valence electrons. The molecule has 5 rings (SSSR count). The van der Waals surface area contributed by atoms with E-state index in [1.807, 2.05) is 30.3 Å². The van der Waals surface area contributed by atoms with E-state index in [-0.39, 0.29) is 47.7 Å². The minimum atomic E-state index is -2.66. The summed E-state index contributed by atoms with van der Waals surface area (Å²) in [6.07, 6.45) is -2.83. The van der Waals surface area contributed by atoms with Crippen LogP contribution in [0.1, 0.15) is 25.6 Å². The van der Waals surface area contributed by atoms with Gasteiger partial charge < -0.3 is 34.7 Å². The Balaban J connectivity index is 1.32. The summed E-state index contributed by atoms with van der Waals surface area (Å²) in [4.78, 5) is 36.7. The Labute approximate surface area is 252 Å². The number of nitrogens with two attached hydrogens (primary N) is 1. The quantitative estimate of drug-likeness (QED) is 0.183. The van der Waals surface area contributed by atoms with Gasteiger partial charge in [0.05, 0.1) is 13.4 Å². The fraction of sp³-hybridized carbons (Fsp3) is 0.357. The number of carbonyl (C=O) groups is 1. The fourth-order valence-corrected chi connectivity index (χ4v) is 5.28. The second-order valence-electron chi connectivity index (χ2n) is 10.0. The number of aliphatic hydroxyl groups excluding tert-OH is 1. The van der Waals surface area contributed by atoms with Crippen LogP contribution < -0.4 is 24.6 Å². The predicted molar refractivity (Wildman–Crippen MR) is 153 cm³/mol. The number of hydrogen-bond acceptors (Lipinski definition) is 13. The monoisotopic (exact) mass is 628 g/mol. The van der Waals surface area contributed by atoms with Gasteiger partial charge in [0.2, 0.25) is 17.6 Å². The number of carbonyl (C=O) groups excluding carboxylic acids is 1. The van der Waals surface area contributed by atoms with E-state index in [1.165, 1.54) is 44.0 Å².